The molecule has 6 nitrogen and oxygen atoms in total. The van der Waals surface area contributed by atoms with Crippen molar-refractivity contribution in [1.29, 1.82) is 0 Å². The van der Waals surface area contributed by atoms with Gasteiger partial charge in [-0.2, -0.15) is 0 Å². The quantitative estimate of drug-likeness (QED) is 0.349. The van der Waals surface area contributed by atoms with Crippen molar-refractivity contribution >= 4 is 57.6 Å². The molecule has 24 heavy (non-hydrogen) atoms. The van der Waals surface area contributed by atoms with E-state index in [9.17, 15) is 0 Å². The zero-order chi connectivity index (χ0) is 16.2. The summed E-state index contributed by atoms with van der Waals surface area (Å²) in [5, 5.41) is 8.54. The summed E-state index contributed by atoms with van der Waals surface area (Å²) in [7, 11) is 2.03. The van der Waals surface area contributed by atoms with Crippen molar-refractivity contribution in [2.45, 2.75) is 26.9 Å². The van der Waals surface area contributed by atoms with Crippen molar-refractivity contribution in [3.63, 3.8) is 0 Å². The highest BCUT2D eigenvalue weighted by atomic mass is 127. The van der Waals surface area contributed by atoms with E-state index in [1.807, 2.05) is 36.1 Å². The first-order valence-corrected chi connectivity index (χ1v) is 9.23. The van der Waals surface area contributed by atoms with Crippen LogP contribution >= 0.6 is 46.7 Å². The first kappa shape index (κ1) is 19.1. The number of thiazole rings is 2. The topological polar surface area (TPSA) is 57.8 Å². The maximum absolute atomic E-state index is 4.70. The van der Waals surface area contributed by atoms with E-state index in [2.05, 4.69) is 32.5 Å². The molecule has 1 N–H and O–H groups in total. The van der Waals surface area contributed by atoms with Crippen molar-refractivity contribution in [2.24, 2.45) is 4.99 Å². The van der Waals surface area contributed by atoms with Crippen molar-refractivity contribution in [1.82, 2.24) is 24.6 Å². The minimum absolute atomic E-state index is 0. The van der Waals surface area contributed by atoms with Gasteiger partial charge in [0.15, 0.2) is 10.9 Å². The van der Waals surface area contributed by atoms with Crippen LogP contribution in [-0.2, 0) is 13.1 Å². The molecule has 0 fully saturated rings. The van der Waals surface area contributed by atoms with Crippen molar-refractivity contribution < 1.29 is 0 Å². The molecule has 0 amide bonds. The Bertz CT molecular complexity index is 777. The van der Waals surface area contributed by atoms with Gasteiger partial charge in [0.05, 0.1) is 29.5 Å². The zero-order valence-corrected chi connectivity index (χ0v) is 17.9. The number of aromatic nitrogens is 3. The molecular weight excluding hydrogens is 455 g/mol. The lowest BCUT2D eigenvalue weighted by atomic mass is 10.4. The molecule has 0 aromatic carbocycles. The van der Waals surface area contributed by atoms with E-state index in [-0.39, 0.29) is 24.0 Å². The molecule has 0 aliphatic rings. The van der Waals surface area contributed by atoms with E-state index < -0.39 is 0 Å². The average Bonchev–Trinajstić information content (AvgIpc) is 3.19. The van der Waals surface area contributed by atoms with Gasteiger partial charge in [-0.15, -0.1) is 46.7 Å². The van der Waals surface area contributed by atoms with E-state index in [0.717, 1.165) is 40.4 Å². The van der Waals surface area contributed by atoms with Gasteiger partial charge in [0, 0.05) is 36.7 Å². The molecule has 3 aromatic rings. The lowest BCUT2D eigenvalue weighted by Crippen LogP contribution is -2.38. The van der Waals surface area contributed by atoms with Gasteiger partial charge in [0.25, 0.3) is 0 Å². The van der Waals surface area contributed by atoms with E-state index in [1.54, 1.807) is 22.7 Å². The molecule has 3 heterocycles. The first-order chi connectivity index (χ1) is 11.2. The van der Waals surface area contributed by atoms with Crippen LogP contribution in [-0.4, -0.2) is 38.8 Å². The van der Waals surface area contributed by atoms with Crippen molar-refractivity contribution in [3.8, 4) is 0 Å². The van der Waals surface area contributed by atoms with Crippen molar-refractivity contribution in [2.75, 3.05) is 13.6 Å². The number of nitrogens with zero attached hydrogens (tertiary/aromatic N) is 5. The summed E-state index contributed by atoms with van der Waals surface area (Å²) in [5.41, 5.74) is 2.05. The van der Waals surface area contributed by atoms with Crippen LogP contribution in [0.5, 0.6) is 0 Å². The molecule has 0 saturated heterocycles. The highest BCUT2D eigenvalue weighted by Gasteiger charge is 2.09. The lowest BCUT2D eigenvalue weighted by Gasteiger charge is -2.21. The Balaban J connectivity index is 0.00000208. The number of aryl methyl sites for hydroxylation is 1. The molecule has 0 radical (unpaired) electrons. The van der Waals surface area contributed by atoms with Gasteiger partial charge in [-0.05, 0) is 13.8 Å². The largest absolute Gasteiger partial charge is 0.357 e. The van der Waals surface area contributed by atoms with Crippen LogP contribution in [0, 0.1) is 6.92 Å². The molecule has 0 aliphatic carbocycles. The number of guanidine groups is 1. The third-order valence-corrected chi connectivity index (χ3v) is 4.89. The van der Waals surface area contributed by atoms with E-state index in [1.165, 1.54) is 0 Å². The molecule has 3 aromatic heterocycles. The molecule has 3 rings (SSSR count). The Labute approximate surface area is 166 Å². The number of hydrogen-bond donors (Lipinski definition) is 1. The molecule has 0 saturated carbocycles. The summed E-state index contributed by atoms with van der Waals surface area (Å²) in [6, 6.07) is 0. The molecule has 9 heteroatoms. The van der Waals surface area contributed by atoms with Gasteiger partial charge in [-0.1, -0.05) is 0 Å². The fraction of sp³-hybridized carbons (Fsp3) is 0.400. The summed E-state index contributed by atoms with van der Waals surface area (Å²) >= 11 is 3.31. The summed E-state index contributed by atoms with van der Waals surface area (Å²) < 4.78 is 2.03. The summed E-state index contributed by atoms with van der Waals surface area (Å²) in [6.07, 6.45) is 4.05. The second kappa shape index (κ2) is 8.77. The van der Waals surface area contributed by atoms with Gasteiger partial charge < -0.3 is 10.2 Å². The van der Waals surface area contributed by atoms with E-state index in [4.69, 9.17) is 4.99 Å². The lowest BCUT2D eigenvalue weighted by molar-refractivity contribution is 0.470. The molecule has 0 spiro atoms. The van der Waals surface area contributed by atoms with Gasteiger partial charge >= 0.3 is 0 Å². The minimum Gasteiger partial charge on any atom is -0.357 e. The number of imidazole rings is 1. The van der Waals surface area contributed by atoms with Crippen LogP contribution in [0.25, 0.3) is 4.96 Å². The zero-order valence-electron chi connectivity index (χ0n) is 13.9. The van der Waals surface area contributed by atoms with E-state index >= 15 is 0 Å². The van der Waals surface area contributed by atoms with Gasteiger partial charge in [0.2, 0.25) is 0 Å². The van der Waals surface area contributed by atoms with Crippen LogP contribution in [0.2, 0.25) is 0 Å². The highest BCUT2D eigenvalue weighted by molar-refractivity contribution is 14.0. The Kier molecular flexibility index (Phi) is 6.99. The van der Waals surface area contributed by atoms with Gasteiger partial charge in [-0.3, -0.25) is 4.40 Å². The number of hydrogen-bond acceptors (Lipinski definition) is 5. The molecule has 130 valence electrons. The fourth-order valence-electron chi connectivity index (χ4n) is 2.28. The summed E-state index contributed by atoms with van der Waals surface area (Å²) in [6.45, 7) is 6.24. The standard InChI is InChI=1S/C15H20N6S2.HI/c1-4-16-14(20(3)8-13-10-23-11(2)18-13)17-7-12-9-21-5-6-22-15(21)19-12;/h5-6,9-10H,4,7-8H2,1-3H3,(H,16,17);1H. The maximum atomic E-state index is 4.70. The number of rotatable bonds is 5. The molecule has 0 unspecified atom stereocenters. The molecule has 0 aliphatic heterocycles. The highest BCUT2D eigenvalue weighted by Crippen LogP contribution is 2.13. The number of nitrogens with one attached hydrogen (secondary N) is 1. The Morgan fingerprint density at radius 2 is 2.17 bits per heavy atom. The maximum Gasteiger partial charge on any atom is 0.194 e. The van der Waals surface area contributed by atoms with Gasteiger partial charge in [-0.25, -0.2) is 15.0 Å². The Hall–Kier alpha value is -1.20. The predicted molar refractivity (Wildman–Crippen MR) is 112 cm³/mol. The third kappa shape index (κ3) is 4.67. The SMILES string of the molecule is CCNC(=NCc1cn2ccsc2n1)N(C)Cc1csc(C)n1.I. The van der Waals surface area contributed by atoms with E-state index in [0.29, 0.717) is 6.54 Å². The van der Waals surface area contributed by atoms with Crippen LogP contribution in [0.4, 0.5) is 0 Å². The number of aliphatic imine (C=N–C) groups is 1. The van der Waals surface area contributed by atoms with Crippen LogP contribution < -0.4 is 5.32 Å². The smallest absolute Gasteiger partial charge is 0.194 e. The second-order valence-electron chi connectivity index (χ2n) is 5.21. The average molecular weight is 476 g/mol. The van der Waals surface area contributed by atoms with Crippen molar-refractivity contribution in [3.05, 3.63) is 39.5 Å². The number of halogens is 1. The number of fused-ring (bicyclic) bond motifs is 1. The van der Waals surface area contributed by atoms with Gasteiger partial charge in [0.1, 0.15) is 0 Å². The Morgan fingerprint density at radius 1 is 1.33 bits per heavy atom. The third-order valence-electron chi connectivity index (χ3n) is 3.30. The first-order valence-electron chi connectivity index (χ1n) is 7.47. The minimum atomic E-state index is 0. The molecular formula is C15H21IN6S2. The van der Waals surface area contributed by atoms with Crippen LogP contribution in [0.1, 0.15) is 23.3 Å². The monoisotopic (exact) mass is 476 g/mol. The van der Waals surface area contributed by atoms with Crippen LogP contribution in [0.15, 0.2) is 28.1 Å². The second-order valence-corrected chi connectivity index (χ2v) is 7.14. The molecule has 0 atom stereocenters. The Morgan fingerprint density at radius 3 is 2.83 bits per heavy atom. The fourth-order valence-corrected chi connectivity index (χ4v) is 3.60. The summed E-state index contributed by atoms with van der Waals surface area (Å²) in [5.74, 6) is 0.870. The molecule has 0 bridgehead atoms. The normalized spacial score (nSPS) is 11.5. The summed E-state index contributed by atoms with van der Waals surface area (Å²) in [4.78, 5) is 16.9. The van der Waals surface area contributed by atoms with Crippen LogP contribution in [0.3, 0.4) is 0 Å². The predicted octanol–water partition coefficient (Wildman–Crippen LogP) is 3.38.